The Kier molecular flexibility index (Phi) is 5.70. The predicted molar refractivity (Wildman–Crippen MR) is 129 cm³/mol. The first-order chi connectivity index (χ1) is 16.9. The minimum Gasteiger partial charge on any atom is -0.480 e. The van der Waals surface area contributed by atoms with Gasteiger partial charge in [0, 0.05) is 23.9 Å². The topological polar surface area (TPSA) is 118 Å². The Morgan fingerprint density at radius 1 is 0.886 bits per heavy atom. The number of carbonyl (C=O) groups is 3. The predicted octanol–water partition coefficient (Wildman–Crippen LogP) is 4.70. The van der Waals surface area contributed by atoms with Crippen molar-refractivity contribution in [3.63, 3.8) is 0 Å². The highest BCUT2D eigenvalue weighted by molar-refractivity contribution is 5.92. The van der Waals surface area contributed by atoms with Crippen LogP contribution in [0.5, 0.6) is 0 Å². The lowest BCUT2D eigenvalue weighted by atomic mass is 9.98. The van der Waals surface area contributed by atoms with Crippen LogP contribution in [0.4, 0.5) is 9.59 Å². The number of aromatic nitrogens is 1. The molecular formula is C27H22N2O6. The zero-order chi connectivity index (χ0) is 24.5. The molecule has 0 saturated carbocycles. The van der Waals surface area contributed by atoms with E-state index in [1.165, 1.54) is 6.20 Å². The number of carboxylic acids is 1. The van der Waals surface area contributed by atoms with Gasteiger partial charge in [0.15, 0.2) is 0 Å². The maximum absolute atomic E-state index is 12.6. The number of amides is 1. The molecule has 3 N–H and O–H groups in total. The third kappa shape index (κ3) is 4.10. The van der Waals surface area contributed by atoms with Gasteiger partial charge in [0.25, 0.3) is 0 Å². The van der Waals surface area contributed by atoms with Crippen LogP contribution in [-0.2, 0) is 16.0 Å². The van der Waals surface area contributed by atoms with Gasteiger partial charge in [-0.15, -0.1) is 0 Å². The number of hydrogen-bond donors (Lipinski definition) is 3. The normalized spacial score (nSPS) is 13.1. The molecule has 0 radical (unpaired) electrons. The molecule has 1 heterocycles. The molecule has 0 fully saturated rings. The average Bonchev–Trinajstić information content (AvgIpc) is 3.38. The first-order valence-corrected chi connectivity index (χ1v) is 11.1. The van der Waals surface area contributed by atoms with E-state index in [1.54, 1.807) is 24.3 Å². The summed E-state index contributed by atoms with van der Waals surface area (Å²) in [6, 6.07) is 21.4. The second-order valence-corrected chi connectivity index (χ2v) is 8.39. The number of nitrogens with zero attached hydrogens (tertiary/aromatic N) is 1. The summed E-state index contributed by atoms with van der Waals surface area (Å²) in [6.45, 7) is 0.0600. The molecule has 3 aromatic carbocycles. The summed E-state index contributed by atoms with van der Waals surface area (Å²) in [4.78, 5) is 36.1. The van der Waals surface area contributed by atoms with Gasteiger partial charge in [-0.3, -0.25) is 4.57 Å². The first-order valence-electron chi connectivity index (χ1n) is 11.1. The maximum Gasteiger partial charge on any atom is 0.416 e. The SMILES string of the molecule is O=C(N[C@@H](Cc1cn(C(=O)O)c2ccccc12)C(=O)O)OCC1c2ccccc2-c2ccccc21. The number of benzene rings is 3. The van der Waals surface area contributed by atoms with Crippen molar-refractivity contribution in [3.05, 3.63) is 95.7 Å². The summed E-state index contributed by atoms with van der Waals surface area (Å²) < 4.78 is 6.51. The van der Waals surface area contributed by atoms with Crippen molar-refractivity contribution >= 4 is 29.1 Å². The second kappa shape index (κ2) is 8.98. The largest absolute Gasteiger partial charge is 0.480 e. The number of ether oxygens (including phenoxy) is 1. The van der Waals surface area contributed by atoms with Crippen molar-refractivity contribution in [2.24, 2.45) is 0 Å². The molecule has 1 aliphatic rings. The third-order valence-corrected chi connectivity index (χ3v) is 6.36. The zero-order valence-corrected chi connectivity index (χ0v) is 18.5. The van der Waals surface area contributed by atoms with Crippen molar-refractivity contribution < 1.29 is 29.3 Å². The molecule has 1 amide bonds. The summed E-state index contributed by atoms with van der Waals surface area (Å²) in [5, 5.41) is 22.2. The van der Waals surface area contributed by atoms with Crippen molar-refractivity contribution in [1.29, 1.82) is 0 Å². The van der Waals surface area contributed by atoms with E-state index in [1.807, 2.05) is 48.5 Å². The fourth-order valence-corrected chi connectivity index (χ4v) is 4.77. The van der Waals surface area contributed by atoms with Crippen LogP contribution < -0.4 is 5.32 Å². The highest BCUT2D eigenvalue weighted by Gasteiger charge is 2.30. The number of fused-ring (bicyclic) bond motifs is 4. The quantitative estimate of drug-likeness (QED) is 0.376. The van der Waals surface area contributed by atoms with Crippen LogP contribution in [-0.4, -0.2) is 45.6 Å². The molecule has 176 valence electrons. The highest BCUT2D eigenvalue weighted by Crippen LogP contribution is 2.44. The molecular weight excluding hydrogens is 448 g/mol. The van der Waals surface area contributed by atoms with Crippen LogP contribution in [0.15, 0.2) is 79.0 Å². The first kappa shape index (κ1) is 22.2. The van der Waals surface area contributed by atoms with Gasteiger partial charge < -0.3 is 20.3 Å². The number of carbonyl (C=O) groups excluding carboxylic acids is 1. The Morgan fingerprint density at radius 2 is 1.49 bits per heavy atom. The smallest absolute Gasteiger partial charge is 0.416 e. The Labute approximate surface area is 200 Å². The van der Waals surface area contributed by atoms with Crippen LogP contribution >= 0.6 is 0 Å². The summed E-state index contributed by atoms with van der Waals surface area (Å²) in [5.41, 5.74) is 5.23. The molecule has 0 aliphatic heterocycles. The Morgan fingerprint density at radius 3 is 2.11 bits per heavy atom. The molecule has 8 nitrogen and oxygen atoms in total. The van der Waals surface area contributed by atoms with Gasteiger partial charge in [-0.1, -0.05) is 66.7 Å². The molecule has 0 bridgehead atoms. The summed E-state index contributed by atoms with van der Waals surface area (Å²) >= 11 is 0. The number of rotatable bonds is 6. The third-order valence-electron chi connectivity index (χ3n) is 6.36. The molecule has 35 heavy (non-hydrogen) atoms. The van der Waals surface area contributed by atoms with E-state index in [0.29, 0.717) is 16.5 Å². The van der Waals surface area contributed by atoms with E-state index < -0.39 is 24.2 Å². The summed E-state index contributed by atoms with van der Waals surface area (Å²) in [7, 11) is 0. The lowest BCUT2D eigenvalue weighted by molar-refractivity contribution is -0.139. The molecule has 0 saturated heterocycles. The van der Waals surface area contributed by atoms with E-state index in [4.69, 9.17) is 4.74 Å². The Hall–Kier alpha value is -4.59. The Balaban J connectivity index is 1.31. The van der Waals surface area contributed by atoms with E-state index in [0.717, 1.165) is 26.8 Å². The van der Waals surface area contributed by atoms with Crippen LogP contribution in [0.25, 0.3) is 22.0 Å². The minimum absolute atomic E-state index is 0.0600. The van der Waals surface area contributed by atoms with E-state index in [9.17, 15) is 24.6 Å². The number of para-hydroxylation sites is 1. The fourth-order valence-electron chi connectivity index (χ4n) is 4.77. The van der Waals surface area contributed by atoms with Crippen molar-refractivity contribution in [2.75, 3.05) is 6.61 Å². The standard InChI is InChI=1S/C27H22N2O6/c30-25(31)23(13-16-14-29(27(33)34)24-12-6-5-7-17(16)24)28-26(32)35-15-22-20-10-3-1-8-18(20)19-9-2-4-11-21(19)22/h1-12,14,22-23H,13,15H2,(H,28,32)(H,30,31)(H,33,34)/t23-/m0/s1. The monoisotopic (exact) mass is 470 g/mol. The Bertz CT molecular complexity index is 1410. The van der Waals surface area contributed by atoms with Crippen LogP contribution in [0.1, 0.15) is 22.6 Å². The van der Waals surface area contributed by atoms with E-state index in [2.05, 4.69) is 5.32 Å². The number of aliphatic carboxylic acids is 1. The number of hydrogen-bond acceptors (Lipinski definition) is 4. The van der Waals surface area contributed by atoms with Gasteiger partial charge in [-0.25, -0.2) is 14.4 Å². The molecule has 1 aliphatic carbocycles. The van der Waals surface area contributed by atoms with Gasteiger partial charge in [-0.2, -0.15) is 0 Å². The van der Waals surface area contributed by atoms with Gasteiger partial charge in [0.1, 0.15) is 12.6 Å². The number of nitrogens with one attached hydrogen (secondary N) is 1. The van der Waals surface area contributed by atoms with Gasteiger partial charge in [0.05, 0.1) is 5.52 Å². The van der Waals surface area contributed by atoms with Crippen LogP contribution in [0.3, 0.4) is 0 Å². The van der Waals surface area contributed by atoms with Gasteiger partial charge in [0.2, 0.25) is 0 Å². The molecule has 5 rings (SSSR count). The second-order valence-electron chi connectivity index (χ2n) is 8.39. The fraction of sp³-hybridized carbons (Fsp3) is 0.148. The summed E-state index contributed by atoms with van der Waals surface area (Å²) in [6.07, 6.45) is -0.743. The number of alkyl carbamates (subject to hydrolysis) is 1. The van der Waals surface area contributed by atoms with E-state index in [-0.39, 0.29) is 18.9 Å². The zero-order valence-electron chi connectivity index (χ0n) is 18.5. The molecule has 0 unspecified atom stereocenters. The molecule has 8 heteroatoms. The summed E-state index contributed by atoms with van der Waals surface area (Å²) in [5.74, 6) is -1.39. The van der Waals surface area contributed by atoms with Crippen LogP contribution in [0.2, 0.25) is 0 Å². The van der Waals surface area contributed by atoms with Crippen molar-refractivity contribution in [3.8, 4) is 11.1 Å². The molecule has 0 spiro atoms. The van der Waals surface area contributed by atoms with E-state index >= 15 is 0 Å². The lowest BCUT2D eigenvalue weighted by Crippen LogP contribution is -2.42. The molecule has 1 aromatic heterocycles. The van der Waals surface area contributed by atoms with Crippen molar-refractivity contribution in [2.45, 2.75) is 18.4 Å². The van der Waals surface area contributed by atoms with Crippen molar-refractivity contribution in [1.82, 2.24) is 9.88 Å². The van der Waals surface area contributed by atoms with Gasteiger partial charge in [-0.05, 0) is 33.9 Å². The number of carboxylic acid groups (broad SMARTS) is 2. The minimum atomic E-state index is -1.29. The van der Waals surface area contributed by atoms with Gasteiger partial charge >= 0.3 is 18.2 Å². The average molecular weight is 470 g/mol. The lowest BCUT2D eigenvalue weighted by Gasteiger charge is -2.17. The molecule has 4 aromatic rings. The maximum atomic E-state index is 12.6. The highest BCUT2D eigenvalue weighted by atomic mass is 16.5. The van der Waals surface area contributed by atoms with Crippen LogP contribution in [0, 0.1) is 0 Å². The molecule has 1 atom stereocenters.